The van der Waals surface area contributed by atoms with E-state index in [-0.39, 0.29) is 10.4 Å². The van der Waals surface area contributed by atoms with Gasteiger partial charge in [-0.3, -0.25) is 0 Å². The highest BCUT2D eigenvalue weighted by atomic mass is 35.7. The smallest absolute Gasteiger partial charge is 0.221 e. The Labute approximate surface area is 167 Å². The normalized spacial score (nSPS) is 13.2. The minimum absolute atomic E-state index is 0.270. The van der Waals surface area contributed by atoms with Crippen molar-refractivity contribution in [3.63, 3.8) is 0 Å². The van der Waals surface area contributed by atoms with Gasteiger partial charge < -0.3 is 0 Å². The Hall–Kier alpha value is -1.75. The minimum Gasteiger partial charge on any atom is -0.221 e. The molecule has 0 saturated carbocycles. The van der Waals surface area contributed by atoms with Crippen molar-refractivity contribution in [1.82, 2.24) is 3.97 Å². The zero-order valence-corrected chi connectivity index (χ0v) is 17.0. The summed E-state index contributed by atoms with van der Waals surface area (Å²) in [6, 6.07) is 7.59. The van der Waals surface area contributed by atoms with E-state index in [1.165, 1.54) is 24.3 Å². The molecule has 0 amide bonds. The fraction of sp³-hybridized carbons (Fsp3) is 0.125. The number of nitrogens with zero attached hydrogens (tertiary/aromatic N) is 1. The van der Waals surface area contributed by atoms with Crippen LogP contribution in [0.1, 0.15) is 11.1 Å². The predicted molar refractivity (Wildman–Crippen MR) is 98.8 cm³/mol. The van der Waals surface area contributed by atoms with Crippen LogP contribution in [0, 0.1) is 6.92 Å². The molecule has 0 saturated heterocycles. The fourth-order valence-corrected chi connectivity index (χ4v) is 5.98. The third kappa shape index (κ3) is 3.49. The van der Waals surface area contributed by atoms with Crippen LogP contribution in [0.25, 0.3) is 10.9 Å². The summed E-state index contributed by atoms with van der Waals surface area (Å²) in [6.45, 7) is 1.72. The fourth-order valence-electron chi connectivity index (χ4n) is 2.65. The Balaban J connectivity index is 2.45. The number of aryl methyl sites for hydroxylation is 1. The van der Waals surface area contributed by atoms with Gasteiger partial charge in [0.2, 0.25) is 0 Å². The molecule has 0 aliphatic carbocycles. The summed E-state index contributed by atoms with van der Waals surface area (Å²) in [6.07, 6.45) is -4.82. The van der Waals surface area contributed by atoms with Crippen molar-refractivity contribution in [2.75, 3.05) is 0 Å². The van der Waals surface area contributed by atoms with Gasteiger partial charge in [-0.2, -0.15) is 13.2 Å². The highest BCUT2D eigenvalue weighted by molar-refractivity contribution is 8.14. The molecule has 1 aromatic heterocycles. The summed E-state index contributed by atoms with van der Waals surface area (Å²) >= 11 is 5.81. The second-order valence-electron chi connectivity index (χ2n) is 5.86. The van der Waals surface area contributed by atoms with E-state index >= 15 is 0 Å². The number of fused-ring (bicyclic) bond motifs is 1. The highest BCUT2D eigenvalue weighted by Gasteiger charge is 2.36. The van der Waals surface area contributed by atoms with Crippen molar-refractivity contribution in [3.8, 4) is 0 Å². The van der Waals surface area contributed by atoms with Gasteiger partial charge in [0, 0.05) is 16.1 Å². The van der Waals surface area contributed by atoms with Crippen molar-refractivity contribution in [2.24, 2.45) is 0 Å². The molecule has 28 heavy (non-hydrogen) atoms. The van der Waals surface area contributed by atoms with Gasteiger partial charge in [0.25, 0.3) is 19.1 Å². The number of hydrogen-bond donors (Lipinski definition) is 0. The molecule has 12 heteroatoms. The number of rotatable bonds is 3. The SMILES string of the molecule is Cc1ccc(S(=O)(=O)n2c(S(=O)(=O)Cl)cc3c(Cl)c(C(F)(F)F)ccc32)cc1. The van der Waals surface area contributed by atoms with E-state index < -0.39 is 46.2 Å². The highest BCUT2D eigenvalue weighted by Crippen LogP contribution is 2.41. The van der Waals surface area contributed by atoms with Crippen molar-refractivity contribution in [3.05, 3.63) is 58.6 Å². The molecule has 0 fully saturated rings. The minimum atomic E-state index is -4.82. The van der Waals surface area contributed by atoms with Crippen LogP contribution in [-0.4, -0.2) is 20.8 Å². The van der Waals surface area contributed by atoms with Gasteiger partial charge in [-0.15, -0.1) is 0 Å². The van der Waals surface area contributed by atoms with Crippen LogP contribution in [-0.2, 0) is 25.3 Å². The maximum Gasteiger partial charge on any atom is 0.417 e. The van der Waals surface area contributed by atoms with E-state index in [0.29, 0.717) is 16.1 Å². The standard InChI is InChI=1S/C16H10Cl2F3NO4S2/c1-9-2-4-10(5-3-9)28(25,26)22-13-7-6-12(16(19,20)21)15(17)11(13)8-14(22)27(18,23)24/h2-8H,1H3. The molecule has 0 radical (unpaired) electrons. The summed E-state index contributed by atoms with van der Waals surface area (Å²) < 4.78 is 89.7. The van der Waals surface area contributed by atoms with Crippen LogP contribution in [0.3, 0.4) is 0 Å². The number of hydrogen-bond acceptors (Lipinski definition) is 4. The van der Waals surface area contributed by atoms with Gasteiger partial charge in [0.05, 0.1) is 21.0 Å². The Bertz CT molecular complexity index is 1300. The first-order valence-corrected chi connectivity index (χ1v) is 11.6. The molecule has 0 aliphatic rings. The van der Waals surface area contributed by atoms with E-state index in [1.54, 1.807) is 6.92 Å². The molecule has 0 unspecified atom stereocenters. The maximum absolute atomic E-state index is 13.1. The van der Waals surface area contributed by atoms with Crippen molar-refractivity contribution >= 4 is 52.3 Å². The number of benzene rings is 2. The molecule has 3 aromatic rings. The lowest BCUT2D eigenvalue weighted by Crippen LogP contribution is -2.16. The van der Waals surface area contributed by atoms with Crippen molar-refractivity contribution in [2.45, 2.75) is 23.0 Å². The molecule has 1 heterocycles. The predicted octanol–water partition coefficient (Wildman–Crippen LogP) is 4.79. The molecule has 0 N–H and O–H groups in total. The van der Waals surface area contributed by atoms with E-state index in [9.17, 15) is 30.0 Å². The Morgan fingerprint density at radius 2 is 1.54 bits per heavy atom. The van der Waals surface area contributed by atoms with Gasteiger partial charge in [0.15, 0.2) is 5.03 Å². The molecule has 3 rings (SSSR count). The zero-order chi connectivity index (χ0) is 21.1. The Morgan fingerprint density at radius 3 is 2.04 bits per heavy atom. The molecule has 5 nitrogen and oxygen atoms in total. The molecule has 0 atom stereocenters. The van der Waals surface area contributed by atoms with Crippen LogP contribution in [0.2, 0.25) is 5.02 Å². The van der Waals surface area contributed by atoms with E-state index in [4.69, 9.17) is 22.3 Å². The van der Waals surface area contributed by atoms with Gasteiger partial charge >= 0.3 is 6.18 Å². The monoisotopic (exact) mass is 471 g/mol. The summed E-state index contributed by atoms with van der Waals surface area (Å²) in [5.74, 6) is 0. The number of halogens is 5. The average Bonchev–Trinajstić information content (AvgIpc) is 2.96. The summed E-state index contributed by atoms with van der Waals surface area (Å²) in [5, 5.41) is -2.15. The Morgan fingerprint density at radius 1 is 0.964 bits per heavy atom. The molecule has 2 aromatic carbocycles. The van der Waals surface area contributed by atoms with Crippen LogP contribution in [0.5, 0.6) is 0 Å². The van der Waals surface area contributed by atoms with Gasteiger partial charge in [0.1, 0.15) is 0 Å². The zero-order valence-electron chi connectivity index (χ0n) is 13.8. The molecular weight excluding hydrogens is 462 g/mol. The third-order valence-electron chi connectivity index (χ3n) is 3.96. The van der Waals surface area contributed by atoms with Crippen LogP contribution in [0.15, 0.2) is 52.4 Å². The number of aromatic nitrogens is 1. The number of alkyl halides is 3. The summed E-state index contributed by atoms with van der Waals surface area (Å²) in [5.41, 5.74) is -0.831. The van der Waals surface area contributed by atoms with Crippen LogP contribution in [0.4, 0.5) is 13.2 Å². The van der Waals surface area contributed by atoms with E-state index in [0.717, 1.165) is 11.6 Å². The largest absolute Gasteiger partial charge is 0.417 e. The first-order valence-electron chi connectivity index (χ1n) is 7.42. The van der Waals surface area contributed by atoms with Gasteiger partial charge in [-0.25, -0.2) is 20.8 Å². The van der Waals surface area contributed by atoms with Crippen LogP contribution < -0.4 is 0 Å². The first-order chi connectivity index (χ1) is 12.7. The van der Waals surface area contributed by atoms with Gasteiger partial charge in [-0.05, 0) is 37.3 Å². The Kier molecular flexibility index (Phi) is 4.98. The summed E-state index contributed by atoms with van der Waals surface area (Å²) in [4.78, 5) is -0.270. The molecular formula is C16H10Cl2F3NO4S2. The second-order valence-corrected chi connectivity index (χ2v) is 10.5. The summed E-state index contributed by atoms with van der Waals surface area (Å²) in [7, 11) is -3.79. The van der Waals surface area contributed by atoms with Crippen molar-refractivity contribution < 1.29 is 30.0 Å². The topological polar surface area (TPSA) is 73.2 Å². The lowest BCUT2D eigenvalue weighted by Gasteiger charge is -2.12. The molecule has 0 spiro atoms. The van der Waals surface area contributed by atoms with Gasteiger partial charge in [-0.1, -0.05) is 29.3 Å². The lowest BCUT2D eigenvalue weighted by atomic mass is 10.1. The molecule has 0 aliphatic heterocycles. The van der Waals surface area contributed by atoms with Crippen molar-refractivity contribution in [1.29, 1.82) is 0 Å². The first kappa shape index (κ1) is 21.0. The molecule has 150 valence electrons. The lowest BCUT2D eigenvalue weighted by molar-refractivity contribution is -0.137. The second kappa shape index (κ2) is 6.65. The molecule has 0 bridgehead atoms. The third-order valence-corrected chi connectivity index (χ3v) is 7.50. The average molecular weight is 472 g/mol. The van der Waals surface area contributed by atoms with E-state index in [2.05, 4.69) is 0 Å². The van der Waals surface area contributed by atoms with E-state index in [1.807, 2.05) is 0 Å². The van der Waals surface area contributed by atoms with Crippen LogP contribution >= 0.6 is 22.3 Å². The quantitative estimate of drug-likeness (QED) is 0.514. The maximum atomic E-state index is 13.1.